The highest BCUT2D eigenvalue weighted by atomic mass is 16.6. The van der Waals surface area contributed by atoms with E-state index in [-0.39, 0.29) is 6.09 Å². The molecule has 0 unspecified atom stereocenters. The maximum Gasteiger partial charge on any atom is 0.407 e. The Morgan fingerprint density at radius 2 is 2.10 bits per heavy atom. The second kappa shape index (κ2) is 8.62. The second-order valence-corrected chi connectivity index (χ2v) is 7.45. The average molecular weight is 298 g/mol. The predicted octanol–water partition coefficient (Wildman–Crippen LogP) is 3.71. The first-order chi connectivity index (χ1) is 9.81. The summed E-state index contributed by atoms with van der Waals surface area (Å²) in [5, 5.41) is 6.59. The van der Waals surface area contributed by atoms with Crippen molar-refractivity contribution in [1.29, 1.82) is 0 Å². The highest BCUT2D eigenvalue weighted by Gasteiger charge is 2.26. The minimum Gasteiger partial charge on any atom is -0.444 e. The fraction of sp³-hybridized carbons (Fsp3) is 0.941. The van der Waals surface area contributed by atoms with Crippen molar-refractivity contribution in [3.05, 3.63) is 0 Å². The minimum absolute atomic E-state index is 0.299. The number of piperidine rings is 1. The molecule has 1 aliphatic rings. The van der Waals surface area contributed by atoms with Crippen LogP contribution in [0, 0.1) is 11.8 Å². The summed E-state index contributed by atoms with van der Waals surface area (Å²) in [5.41, 5.74) is -0.431. The molecule has 0 aromatic carbocycles. The summed E-state index contributed by atoms with van der Waals surface area (Å²) in [6.45, 7) is 12.0. The third kappa shape index (κ3) is 7.70. The number of rotatable bonds is 6. The fourth-order valence-corrected chi connectivity index (χ4v) is 2.88. The number of hydrogen-bond donors (Lipinski definition) is 2. The zero-order chi connectivity index (χ0) is 15.9. The Morgan fingerprint density at radius 3 is 2.62 bits per heavy atom. The third-order valence-corrected chi connectivity index (χ3v) is 4.23. The van der Waals surface area contributed by atoms with Crippen LogP contribution in [0.5, 0.6) is 0 Å². The Kier molecular flexibility index (Phi) is 7.50. The van der Waals surface area contributed by atoms with E-state index in [2.05, 4.69) is 24.5 Å². The molecule has 2 N–H and O–H groups in total. The summed E-state index contributed by atoms with van der Waals surface area (Å²) in [5.74, 6) is 1.19. The fourth-order valence-electron chi connectivity index (χ4n) is 2.88. The van der Waals surface area contributed by atoms with Crippen LogP contribution >= 0.6 is 0 Å². The van der Waals surface area contributed by atoms with Crippen LogP contribution in [-0.4, -0.2) is 30.8 Å². The van der Waals surface area contributed by atoms with Gasteiger partial charge in [0, 0.05) is 12.6 Å². The van der Waals surface area contributed by atoms with Crippen molar-refractivity contribution in [1.82, 2.24) is 10.6 Å². The average Bonchev–Trinajstić information content (AvgIpc) is 2.42. The van der Waals surface area contributed by atoms with Gasteiger partial charge in [0.25, 0.3) is 0 Å². The van der Waals surface area contributed by atoms with Crippen molar-refractivity contribution in [3.8, 4) is 0 Å². The van der Waals surface area contributed by atoms with Crippen molar-refractivity contribution in [2.45, 2.75) is 78.4 Å². The molecule has 124 valence electrons. The molecule has 3 atom stereocenters. The summed E-state index contributed by atoms with van der Waals surface area (Å²) in [7, 11) is 0. The van der Waals surface area contributed by atoms with Crippen LogP contribution in [0.4, 0.5) is 4.79 Å². The Morgan fingerprint density at radius 1 is 1.38 bits per heavy atom. The largest absolute Gasteiger partial charge is 0.444 e. The first kappa shape index (κ1) is 18.3. The molecule has 21 heavy (non-hydrogen) atoms. The minimum atomic E-state index is -0.431. The Bertz CT molecular complexity index is 306. The van der Waals surface area contributed by atoms with E-state index < -0.39 is 5.60 Å². The zero-order valence-corrected chi connectivity index (χ0v) is 14.5. The van der Waals surface area contributed by atoms with Crippen molar-refractivity contribution < 1.29 is 9.53 Å². The van der Waals surface area contributed by atoms with Gasteiger partial charge in [-0.1, -0.05) is 26.7 Å². The van der Waals surface area contributed by atoms with Crippen LogP contribution in [0.1, 0.15) is 66.7 Å². The molecule has 0 aliphatic carbocycles. The van der Waals surface area contributed by atoms with Gasteiger partial charge in [-0.15, -0.1) is 0 Å². The molecule has 0 bridgehead atoms. The Hall–Kier alpha value is -0.770. The predicted molar refractivity (Wildman–Crippen MR) is 87.4 cm³/mol. The lowest BCUT2D eigenvalue weighted by Crippen LogP contribution is -2.46. The van der Waals surface area contributed by atoms with Gasteiger partial charge >= 0.3 is 6.09 Å². The van der Waals surface area contributed by atoms with Gasteiger partial charge in [0.2, 0.25) is 0 Å². The molecule has 0 aromatic rings. The SMILES string of the molecule is CC[C@@H](C)C[C@@H](CNC(=O)OC(C)(C)C)[C@@H]1CCCCN1. The van der Waals surface area contributed by atoms with E-state index in [1.165, 1.54) is 25.7 Å². The molecule has 4 nitrogen and oxygen atoms in total. The van der Waals surface area contributed by atoms with Crippen LogP contribution in [0.15, 0.2) is 0 Å². The quantitative estimate of drug-likeness (QED) is 0.786. The maximum atomic E-state index is 11.8. The number of ether oxygens (including phenoxy) is 1. The molecule has 4 heteroatoms. The molecular weight excluding hydrogens is 264 g/mol. The van der Waals surface area contributed by atoms with Crippen LogP contribution in [-0.2, 0) is 4.74 Å². The topological polar surface area (TPSA) is 50.4 Å². The highest BCUT2D eigenvalue weighted by Crippen LogP contribution is 2.23. The summed E-state index contributed by atoms with van der Waals surface area (Å²) < 4.78 is 5.34. The molecule has 0 radical (unpaired) electrons. The smallest absolute Gasteiger partial charge is 0.407 e. The van der Waals surface area contributed by atoms with Gasteiger partial charge < -0.3 is 15.4 Å². The molecular formula is C17H34N2O2. The number of nitrogens with one attached hydrogen (secondary N) is 2. The third-order valence-electron chi connectivity index (χ3n) is 4.23. The van der Waals surface area contributed by atoms with Gasteiger partial charge in [-0.25, -0.2) is 4.79 Å². The highest BCUT2D eigenvalue weighted by molar-refractivity contribution is 5.67. The maximum absolute atomic E-state index is 11.8. The lowest BCUT2D eigenvalue weighted by molar-refractivity contribution is 0.0510. The van der Waals surface area contributed by atoms with Crippen molar-refractivity contribution in [2.24, 2.45) is 11.8 Å². The number of carbonyl (C=O) groups is 1. The van der Waals surface area contributed by atoms with Gasteiger partial charge in [0.1, 0.15) is 5.60 Å². The van der Waals surface area contributed by atoms with Crippen LogP contribution in [0.2, 0.25) is 0 Å². The van der Waals surface area contributed by atoms with E-state index in [4.69, 9.17) is 4.74 Å². The molecule has 1 amide bonds. The molecule has 1 rings (SSSR count). The van der Waals surface area contributed by atoms with Crippen molar-refractivity contribution in [2.75, 3.05) is 13.1 Å². The van der Waals surface area contributed by atoms with Crippen LogP contribution < -0.4 is 10.6 Å². The normalized spacial score (nSPS) is 22.4. The molecule has 1 heterocycles. The van der Waals surface area contributed by atoms with E-state index >= 15 is 0 Å². The van der Waals surface area contributed by atoms with Gasteiger partial charge in [0.15, 0.2) is 0 Å². The van der Waals surface area contributed by atoms with Gasteiger partial charge in [-0.05, 0) is 58.4 Å². The first-order valence-electron chi connectivity index (χ1n) is 8.52. The number of hydrogen-bond acceptors (Lipinski definition) is 3. The summed E-state index contributed by atoms with van der Waals surface area (Å²) in [4.78, 5) is 11.8. The Balaban J connectivity index is 2.49. The Labute approximate surface area is 130 Å². The monoisotopic (exact) mass is 298 g/mol. The van der Waals surface area contributed by atoms with E-state index in [9.17, 15) is 4.79 Å². The van der Waals surface area contributed by atoms with E-state index in [1.54, 1.807) is 0 Å². The number of carbonyl (C=O) groups excluding carboxylic acids is 1. The van der Waals surface area contributed by atoms with E-state index in [1.807, 2.05) is 20.8 Å². The first-order valence-corrected chi connectivity index (χ1v) is 8.52. The van der Waals surface area contributed by atoms with Crippen molar-refractivity contribution in [3.63, 3.8) is 0 Å². The van der Waals surface area contributed by atoms with Crippen LogP contribution in [0.25, 0.3) is 0 Å². The van der Waals surface area contributed by atoms with Crippen molar-refractivity contribution >= 4 is 6.09 Å². The van der Waals surface area contributed by atoms with E-state index in [0.29, 0.717) is 24.4 Å². The molecule has 1 aliphatic heterocycles. The molecule has 0 spiro atoms. The standard InChI is InChI=1S/C17H34N2O2/c1-6-13(2)11-14(15-9-7-8-10-18-15)12-19-16(20)21-17(3,4)5/h13-15,18H,6-12H2,1-5H3,(H,19,20)/t13-,14+,15+/m1/s1. The number of amides is 1. The van der Waals surface area contributed by atoms with Gasteiger partial charge in [-0.2, -0.15) is 0 Å². The van der Waals surface area contributed by atoms with Gasteiger partial charge in [-0.3, -0.25) is 0 Å². The lowest BCUT2D eigenvalue weighted by atomic mass is 9.84. The molecule has 0 aromatic heterocycles. The molecule has 1 fully saturated rings. The van der Waals surface area contributed by atoms with Crippen LogP contribution in [0.3, 0.4) is 0 Å². The molecule has 0 saturated carbocycles. The second-order valence-electron chi connectivity index (χ2n) is 7.45. The zero-order valence-electron chi connectivity index (χ0n) is 14.5. The molecule has 1 saturated heterocycles. The lowest BCUT2D eigenvalue weighted by Gasteiger charge is -2.33. The van der Waals surface area contributed by atoms with E-state index in [0.717, 1.165) is 13.0 Å². The summed E-state index contributed by atoms with van der Waals surface area (Å²) >= 11 is 0. The summed E-state index contributed by atoms with van der Waals surface area (Å²) in [6.07, 6.45) is 5.83. The summed E-state index contributed by atoms with van der Waals surface area (Å²) in [6, 6.07) is 0.530. The van der Waals surface area contributed by atoms with Gasteiger partial charge in [0.05, 0.1) is 0 Å². The number of alkyl carbamates (subject to hydrolysis) is 1.